The number of aromatic nitrogens is 2. The Kier molecular flexibility index (Phi) is 20.8. The van der Waals surface area contributed by atoms with E-state index >= 15 is 0 Å². The van der Waals surface area contributed by atoms with Crippen molar-refractivity contribution in [2.24, 2.45) is 11.8 Å². The Morgan fingerprint density at radius 1 is 0.767 bits per heavy atom. The molecule has 2 fully saturated rings. The van der Waals surface area contributed by atoms with Gasteiger partial charge in [0.15, 0.2) is 17.1 Å². The molecule has 0 bridgehead atoms. The lowest BCUT2D eigenvalue weighted by Crippen LogP contribution is -2.63. The van der Waals surface area contributed by atoms with Gasteiger partial charge in [0.1, 0.15) is 43.4 Å². The van der Waals surface area contributed by atoms with E-state index in [9.17, 15) is 60.5 Å². The Bertz CT molecular complexity index is 3240. The predicted octanol–water partition coefficient (Wildman–Crippen LogP) is 6.76. The Balaban J connectivity index is 0.000000279. The normalized spacial score (nSPS) is 19.6. The molecular formula is C61H71F6N9O10. The topological polar surface area (TPSA) is 245 Å². The Morgan fingerprint density at radius 3 is 2.14 bits per heavy atom. The second kappa shape index (κ2) is 27.8. The van der Waals surface area contributed by atoms with E-state index in [1.165, 1.54) is 0 Å². The molecule has 6 aromatic rings. The van der Waals surface area contributed by atoms with Gasteiger partial charge >= 0.3 is 12.4 Å². The lowest BCUT2D eigenvalue weighted by atomic mass is 9.91. The fourth-order valence-electron chi connectivity index (χ4n) is 10.8. The van der Waals surface area contributed by atoms with Crippen molar-refractivity contribution in [3.05, 3.63) is 138 Å². The summed E-state index contributed by atoms with van der Waals surface area (Å²) < 4.78 is 94.6. The number of likely N-dealkylation sites (tertiary alicyclic amines) is 1. The molecule has 3 aromatic heterocycles. The number of benzene rings is 3. The number of para-hydroxylation sites is 1. The third-order valence-corrected chi connectivity index (χ3v) is 15.8. The van der Waals surface area contributed by atoms with Crippen molar-refractivity contribution in [2.45, 2.75) is 101 Å². The first-order valence-corrected chi connectivity index (χ1v) is 28.3. The van der Waals surface area contributed by atoms with Gasteiger partial charge in [-0.15, -0.1) is 0 Å². The van der Waals surface area contributed by atoms with Gasteiger partial charge < -0.3 is 45.1 Å². The van der Waals surface area contributed by atoms with Gasteiger partial charge in [-0.3, -0.25) is 43.7 Å². The maximum absolute atomic E-state index is 14.1. The molecule has 0 unspecified atom stereocenters. The minimum atomic E-state index is -4.63. The standard InChI is InChI=1S/C41H45F3N6O7.C20H26F3N3O3/c1-40(2,39-46-20-35(57-39)25-8-4-3-5-9-25)50-15-14-49(31(22-50)38(54)47-24-41(42,43)44)21-28(51)16-27(18-29-17-26-12-13-45-19-34(26)56-29)37(53)48-36-30-10-6-7-11-33(30)55-23-32(36)52;1-19(2,18(29)24-11-16(27)14-7-4-3-5-8-14)26-10-6-9-15(12-26)17(28)25-13-20(21,22)23/h3-13,17,19-20,27-28,31-32,36,51-52H,14-16,18,21-24H2,1-2H3,(H,47,54)(H,48,53);3-5,7-8,15H,6,9-13H2,1-2H3,(H,24,29)(H,25,28)/t27-,28-,31-,32+,36-;15-/m00/s1. The van der Waals surface area contributed by atoms with E-state index in [-0.39, 0.29) is 63.9 Å². The summed E-state index contributed by atoms with van der Waals surface area (Å²) in [5.74, 6) is -2.15. The number of hydrogen-bond donors (Lipinski definition) is 6. The van der Waals surface area contributed by atoms with Crippen LogP contribution in [0.2, 0.25) is 0 Å². The highest BCUT2D eigenvalue weighted by atomic mass is 19.4. The number of alkyl halides is 6. The lowest BCUT2D eigenvalue weighted by molar-refractivity contribution is -0.145. The third kappa shape index (κ3) is 16.8. The van der Waals surface area contributed by atoms with Crippen LogP contribution in [-0.2, 0) is 31.1 Å². The zero-order valence-electron chi connectivity index (χ0n) is 48.0. The number of β-amino-alcohol motifs (C(OH)–C–C–N with tert-alkyl or cyclic N) is 1. The summed E-state index contributed by atoms with van der Waals surface area (Å²) in [5.41, 5.74) is 0.570. The number of piperidine rings is 1. The van der Waals surface area contributed by atoms with Crippen LogP contribution in [0.3, 0.4) is 0 Å². The average Bonchev–Trinajstić information content (AvgIpc) is 1.61. The number of rotatable bonds is 20. The van der Waals surface area contributed by atoms with Crippen LogP contribution < -0.4 is 26.0 Å². The van der Waals surface area contributed by atoms with E-state index in [2.05, 4.69) is 20.6 Å². The maximum atomic E-state index is 14.1. The molecule has 6 N–H and O–H groups in total. The molecule has 3 aliphatic rings. The second-order valence-electron chi connectivity index (χ2n) is 22.7. The summed E-state index contributed by atoms with van der Waals surface area (Å²) in [6.07, 6.45) is -5.50. The van der Waals surface area contributed by atoms with E-state index in [0.717, 1.165) is 10.9 Å². The number of oxazole rings is 1. The zero-order valence-corrected chi connectivity index (χ0v) is 48.0. The Morgan fingerprint density at radius 2 is 1.44 bits per heavy atom. The SMILES string of the molecule is CC(C)(C(=O)NCC(=O)c1ccccc1)N1CCC[C@H](C(=O)NCC(F)(F)F)C1.CC(C)(c1ncc(-c2ccccc2)o1)N1CCN(C[C@@H](O)C[C@@H](Cc2cc3ccncc3o2)C(=O)N[C@H]2c3ccccc3OC[C@H]2O)[C@H](C(=O)NCC(F)(F)F)C1. The minimum Gasteiger partial charge on any atom is -0.490 e. The molecule has 3 aromatic carbocycles. The number of hydrogen-bond acceptors (Lipinski definition) is 15. The lowest BCUT2D eigenvalue weighted by Gasteiger charge is -2.46. The number of carbonyl (C=O) groups excluding carboxylic acids is 5. The van der Waals surface area contributed by atoms with Gasteiger partial charge in [0, 0.05) is 73.3 Å². The van der Waals surface area contributed by atoms with Gasteiger partial charge in [-0.2, -0.15) is 26.3 Å². The van der Waals surface area contributed by atoms with E-state index in [1.807, 2.05) is 59.7 Å². The number of nitrogens with one attached hydrogen (secondary N) is 4. The molecule has 6 atom stereocenters. The first-order chi connectivity index (χ1) is 40.8. The van der Waals surface area contributed by atoms with E-state index < -0.39 is 90.4 Å². The number of aliphatic hydroxyl groups is 2. The first kappa shape index (κ1) is 64.3. The summed E-state index contributed by atoms with van der Waals surface area (Å²) in [6.45, 7) is 5.18. The van der Waals surface area contributed by atoms with E-state index in [4.69, 9.17) is 13.6 Å². The third-order valence-electron chi connectivity index (χ3n) is 15.8. The molecule has 4 amide bonds. The molecule has 3 aliphatic heterocycles. The van der Waals surface area contributed by atoms with Crippen molar-refractivity contribution in [1.29, 1.82) is 0 Å². The molecule has 0 spiro atoms. The first-order valence-electron chi connectivity index (χ1n) is 28.3. The number of fused-ring (bicyclic) bond motifs is 2. The number of piperazine rings is 1. The second-order valence-corrected chi connectivity index (χ2v) is 22.7. The van der Waals surface area contributed by atoms with Crippen molar-refractivity contribution in [3.8, 4) is 17.1 Å². The van der Waals surface area contributed by atoms with Gasteiger partial charge in [-0.25, -0.2) is 4.98 Å². The number of pyridine rings is 1. The number of aliphatic hydroxyl groups excluding tert-OH is 2. The number of nitrogens with zero attached hydrogens (tertiary/aromatic N) is 5. The van der Waals surface area contributed by atoms with Crippen LogP contribution >= 0.6 is 0 Å². The number of Topliss-reactive ketones (excluding diaryl/α,β-unsaturated/α-hetero) is 1. The molecule has 19 nitrogen and oxygen atoms in total. The number of amides is 4. The van der Waals surface area contributed by atoms with Gasteiger partial charge in [0.25, 0.3) is 0 Å². The van der Waals surface area contributed by atoms with E-state index in [1.54, 1.807) is 109 Å². The van der Waals surface area contributed by atoms with Gasteiger partial charge in [-0.1, -0.05) is 78.9 Å². The molecule has 86 heavy (non-hydrogen) atoms. The zero-order chi connectivity index (χ0) is 62.0. The molecule has 9 rings (SSSR count). The van der Waals surface area contributed by atoms with Crippen molar-refractivity contribution in [2.75, 3.05) is 65.5 Å². The predicted molar refractivity (Wildman–Crippen MR) is 303 cm³/mol. The highest BCUT2D eigenvalue weighted by molar-refractivity contribution is 6.00. The molecular weight excluding hydrogens is 1130 g/mol. The Hall–Kier alpha value is -7.71. The Labute approximate surface area is 492 Å². The average molecular weight is 1200 g/mol. The summed E-state index contributed by atoms with van der Waals surface area (Å²) >= 11 is 0. The molecule has 2 saturated heterocycles. The van der Waals surface area contributed by atoms with Crippen LogP contribution in [-0.4, -0.2) is 166 Å². The van der Waals surface area contributed by atoms with Crippen molar-refractivity contribution in [1.82, 2.24) is 45.9 Å². The smallest absolute Gasteiger partial charge is 0.405 e. The van der Waals surface area contributed by atoms with Crippen LogP contribution in [0.1, 0.15) is 80.6 Å². The summed E-state index contributed by atoms with van der Waals surface area (Å²) in [6, 6.07) is 26.7. The summed E-state index contributed by atoms with van der Waals surface area (Å²) in [5, 5.41) is 32.8. The number of furan rings is 1. The monoisotopic (exact) mass is 1200 g/mol. The van der Waals surface area contributed by atoms with Crippen molar-refractivity contribution in [3.63, 3.8) is 0 Å². The molecule has 0 saturated carbocycles. The molecule has 462 valence electrons. The fourth-order valence-corrected chi connectivity index (χ4v) is 10.8. The fraction of sp³-hybridized carbons (Fsp3) is 0.459. The molecule has 6 heterocycles. The van der Waals surface area contributed by atoms with Crippen LogP contribution in [0.5, 0.6) is 5.75 Å². The van der Waals surface area contributed by atoms with Crippen molar-refractivity contribution < 1.29 is 74.1 Å². The van der Waals surface area contributed by atoms with Gasteiger partial charge in [0.2, 0.25) is 29.5 Å². The van der Waals surface area contributed by atoms with Gasteiger partial charge in [-0.05, 0) is 71.7 Å². The maximum Gasteiger partial charge on any atom is 0.405 e. The van der Waals surface area contributed by atoms with Crippen molar-refractivity contribution >= 4 is 40.4 Å². The molecule has 0 aliphatic carbocycles. The quantitative estimate of drug-likeness (QED) is 0.0342. The van der Waals surface area contributed by atoms with Crippen LogP contribution in [0.25, 0.3) is 22.3 Å². The number of ketones is 1. The van der Waals surface area contributed by atoms with Crippen LogP contribution in [0, 0.1) is 11.8 Å². The van der Waals surface area contributed by atoms with Crippen LogP contribution in [0.4, 0.5) is 26.3 Å². The highest BCUT2D eigenvalue weighted by Crippen LogP contribution is 2.35. The summed E-state index contributed by atoms with van der Waals surface area (Å²) in [7, 11) is 0. The highest BCUT2D eigenvalue weighted by Gasteiger charge is 2.44. The number of ether oxygens (including phenoxy) is 1. The number of halogens is 6. The summed E-state index contributed by atoms with van der Waals surface area (Å²) in [4.78, 5) is 78.5. The molecule has 0 radical (unpaired) electrons. The van der Waals surface area contributed by atoms with Crippen LogP contribution in [0.15, 0.2) is 124 Å². The largest absolute Gasteiger partial charge is 0.490 e. The minimum absolute atomic E-state index is 0.00441. The number of carbonyl (C=O) groups is 5. The van der Waals surface area contributed by atoms with E-state index in [0.29, 0.717) is 65.8 Å². The van der Waals surface area contributed by atoms with Gasteiger partial charge in [0.05, 0.1) is 48.1 Å². The molecule has 25 heteroatoms.